The van der Waals surface area contributed by atoms with Crippen LogP contribution in [0.25, 0.3) is 0 Å². The number of hydrogen-bond donors (Lipinski definition) is 1. The molecule has 0 atom stereocenters. The van der Waals surface area contributed by atoms with Gasteiger partial charge in [0, 0.05) is 52.0 Å². The van der Waals surface area contributed by atoms with Gasteiger partial charge in [-0.25, -0.2) is 23.4 Å². The van der Waals surface area contributed by atoms with Gasteiger partial charge in [0.15, 0.2) is 23.3 Å². The number of ether oxygens (including phenoxy) is 2. The lowest BCUT2D eigenvalue weighted by atomic mass is 10.1. The Bertz CT molecular complexity index is 1270. The summed E-state index contributed by atoms with van der Waals surface area (Å²) in [6.45, 7) is 0.757. The van der Waals surface area contributed by atoms with Crippen molar-refractivity contribution in [3.8, 4) is 0 Å². The summed E-state index contributed by atoms with van der Waals surface area (Å²) in [6.07, 6.45) is 4.72. The first-order valence-corrected chi connectivity index (χ1v) is 12.9. The van der Waals surface area contributed by atoms with E-state index in [9.17, 15) is 13.2 Å². The number of carbonyl (C=O) groups excluding carboxylic acids is 1. The number of thiazole rings is 1. The summed E-state index contributed by atoms with van der Waals surface area (Å²) in [5.74, 6) is -0.208. The number of aromatic nitrogens is 3. The second kappa shape index (κ2) is 13.1. The van der Waals surface area contributed by atoms with Crippen LogP contribution < -0.4 is 5.32 Å². The van der Waals surface area contributed by atoms with Gasteiger partial charge in [0.1, 0.15) is 0 Å². The first-order valence-electron chi connectivity index (χ1n) is 10.6. The fourth-order valence-electron chi connectivity index (χ4n) is 2.82. The zero-order valence-electron chi connectivity index (χ0n) is 19.9. The maximum Gasteiger partial charge on any atom is 0.280 e. The first kappa shape index (κ1) is 27.3. The lowest BCUT2D eigenvalue weighted by Gasteiger charge is -2.17. The number of nitrogens with one attached hydrogen (secondary N) is 1. The number of anilines is 1. The van der Waals surface area contributed by atoms with E-state index in [0.29, 0.717) is 23.1 Å². The standard InChI is InChI=1S/C22H26N6O6S2/c1-28(11-12-32-2)36(30,31)18-7-5-16(6-8-18)20(27-34-15-19-23-9-4-10-24-19)21(29)26-22-25-13-17(35-22)14-33-3/h4-10,13H,11-12,14-15H2,1-3H3,(H,25,26,29)/b27-20+. The monoisotopic (exact) mass is 534 g/mol. The maximum absolute atomic E-state index is 13.1. The van der Waals surface area contributed by atoms with Crippen LogP contribution in [0.4, 0.5) is 5.13 Å². The number of hydrogen-bond acceptors (Lipinski definition) is 11. The van der Waals surface area contributed by atoms with Gasteiger partial charge in [-0.1, -0.05) is 28.6 Å². The Hall–Kier alpha value is -3.30. The van der Waals surface area contributed by atoms with E-state index in [-0.39, 0.29) is 30.4 Å². The average Bonchev–Trinajstić information content (AvgIpc) is 3.32. The molecule has 0 spiro atoms. The number of rotatable bonds is 13. The minimum atomic E-state index is -3.73. The summed E-state index contributed by atoms with van der Waals surface area (Å²) in [7, 11) is 0.795. The van der Waals surface area contributed by atoms with Gasteiger partial charge < -0.3 is 14.3 Å². The number of likely N-dealkylation sites (N-methyl/N-ethyl adjacent to an activating group) is 1. The van der Waals surface area contributed by atoms with Crippen LogP contribution in [0.1, 0.15) is 16.3 Å². The van der Waals surface area contributed by atoms with Crippen LogP contribution in [0.15, 0.2) is 59.0 Å². The minimum absolute atomic E-state index is 0.0624. The Morgan fingerprint density at radius 1 is 1.08 bits per heavy atom. The average molecular weight is 535 g/mol. The molecule has 3 rings (SSSR count). The number of benzene rings is 1. The molecule has 36 heavy (non-hydrogen) atoms. The van der Waals surface area contributed by atoms with Crippen molar-refractivity contribution in [1.29, 1.82) is 0 Å². The molecule has 0 aliphatic rings. The van der Waals surface area contributed by atoms with Crippen molar-refractivity contribution in [2.24, 2.45) is 5.16 Å². The largest absolute Gasteiger partial charge is 0.387 e. The topological polar surface area (TPSA) is 145 Å². The zero-order valence-corrected chi connectivity index (χ0v) is 21.6. The number of nitrogens with zero attached hydrogens (tertiary/aromatic N) is 5. The van der Waals surface area contributed by atoms with Gasteiger partial charge in [-0.05, 0) is 18.2 Å². The quantitative estimate of drug-likeness (QED) is 0.257. The van der Waals surface area contributed by atoms with Crippen LogP contribution in [-0.2, 0) is 42.3 Å². The van der Waals surface area contributed by atoms with Crippen molar-refractivity contribution in [3.05, 3.63) is 65.2 Å². The molecule has 192 valence electrons. The molecule has 1 N–H and O–H groups in total. The summed E-state index contributed by atoms with van der Waals surface area (Å²) in [4.78, 5) is 31.6. The highest BCUT2D eigenvalue weighted by Crippen LogP contribution is 2.20. The fourth-order valence-corrected chi connectivity index (χ4v) is 4.75. The molecule has 0 unspecified atom stereocenters. The van der Waals surface area contributed by atoms with Crippen LogP contribution in [0.3, 0.4) is 0 Å². The summed E-state index contributed by atoms with van der Waals surface area (Å²) in [6, 6.07) is 7.43. The molecular formula is C22H26N6O6S2. The Balaban J connectivity index is 1.83. The van der Waals surface area contributed by atoms with E-state index in [4.69, 9.17) is 14.3 Å². The van der Waals surface area contributed by atoms with E-state index < -0.39 is 15.9 Å². The van der Waals surface area contributed by atoms with Crippen molar-refractivity contribution in [2.45, 2.75) is 18.1 Å². The van der Waals surface area contributed by atoms with Crippen LogP contribution in [-0.4, -0.2) is 73.7 Å². The Labute approximate surface area is 213 Å². The lowest BCUT2D eigenvalue weighted by molar-refractivity contribution is -0.110. The molecule has 0 aliphatic carbocycles. The number of oxime groups is 1. The van der Waals surface area contributed by atoms with Gasteiger partial charge in [-0.2, -0.15) is 4.31 Å². The van der Waals surface area contributed by atoms with E-state index in [1.54, 1.807) is 31.8 Å². The van der Waals surface area contributed by atoms with Crippen molar-refractivity contribution < 1.29 is 27.5 Å². The van der Waals surface area contributed by atoms with Gasteiger partial charge >= 0.3 is 0 Å². The Morgan fingerprint density at radius 3 is 2.47 bits per heavy atom. The molecule has 12 nitrogen and oxygen atoms in total. The van der Waals surface area contributed by atoms with Crippen molar-refractivity contribution in [2.75, 3.05) is 39.7 Å². The SMILES string of the molecule is COCCN(C)S(=O)(=O)c1ccc(/C(=N\OCc2ncccn2)C(=O)Nc2ncc(COC)s2)cc1. The zero-order chi connectivity index (χ0) is 26.0. The number of carbonyl (C=O) groups is 1. The van der Waals surface area contributed by atoms with Gasteiger partial charge in [0.2, 0.25) is 10.0 Å². The third kappa shape index (κ3) is 7.35. The highest BCUT2D eigenvalue weighted by molar-refractivity contribution is 7.89. The van der Waals surface area contributed by atoms with Crippen LogP contribution in [0, 0.1) is 0 Å². The van der Waals surface area contributed by atoms with Crippen LogP contribution in [0.5, 0.6) is 0 Å². The molecule has 0 aliphatic heterocycles. The number of amides is 1. The molecular weight excluding hydrogens is 508 g/mol. The molecule has 2 aromatic heterocycles. The molecule has 14 heteroatoms. The van der Waals surface area contributed by atoms with Gasteiger partial charge in [-0.3, -0.25) is 10.1 Å². The van der Waals surface area contributed by atoms with E-state index in [1.807, 2.05) is 0 Å². The van der Waals surface area contributed by atoms with Crippen molar-refractivity contribution >= 4 is 38.1 Å². The van der Waals surface area contributed by atoms with Crippen LogP contribution in [0.2, 0.25) is 0 Å². The maximum atomic E-state index is 13.1. The molecule has 0 bridgehead atoms. The van der Waals surface area contributed by atoms with Crippen molar-refractivity contribution in [1.82, 2.24) is 19.3 Å². The third-order valence-electron chi connectivity index (χ3n) is 4.69. The second-order valence-electron chi connectivity index (χ2n) is 7.24. The predicted molar refractivity (Wildman–Crippen MR) is 133 cm³/mol. The van der Waals surface area contributed by atoms with Gasteiger partial charge in [0.05, 0.1) is 23.0 Å². The normalized spacial score (nSPS) is 12.1. The van der Waals surface area contributed by atoms with Gasteiger partial charge in [0.25, 0.3) is 5.91 Å². The van der Waals surface area contributed by atoms with E-state index >= 15 is 0 Å². The number of methoxy groups -OCH3 is 2. The fraction of sp³-hybridized carbons (Fsp3) is 0.318. The first-order chi connectivity index (χ1) is 17.3. The summed E-state index contributed by atoms with van der Waals surface area (Å²) in [5.41, 5.74) is 0.264. The molecule has 2 heterocycles. The molecule has 0 saturated heterocycles. The Kier molecular flexibility index (Phi) is 9.95. The Morgan fingerprint density at radius 2 is 1.81 bits per heavy atom. The van der Waals surface area contributed by atoms with Crippen LogP contribution >= 0.6 is 11.3 Å². The van der Waals surface area contributed by atoms with E-state index in [1.165, 1.54) is 54.1 Å². The molecule has 0 fully saturated rings. The predicted octanol–water partition coefficient (Wildman–Crippen LogP) is 1.91. The third-order valence-corrected chi connectivity index (χ3v) is 7.45. The molecule has 1 aromatic carbocycles. The second-order valence-corrected chi connectivity index (χ2v) is 10.4. The summed E-state index contributed by atoms with van der Waals surface area (Å²) >= 11 is 1.26. The van der Waals surface area contributed by atoms with E-state index in [0.717, 1.165) is 4.88 Å². The van der Waals surface area contributed by atoms with Gasteiger partial charge in [-0.15, -0.1) is 0 Å². The molecule has 1 amide bonds. The number of sulfonamides is 1. The molecule has 0 saturated carbocycles. The molecule has 0 radical (unpaired) electrons. The lowest BCUT2D eigenvalue weighted by Crippen LogP contribution is -2.30. The van der Waals surface area contributed by atoms with Crippen molar-refractivity contribution in [3.63, 3.8) is 0 Å². The van der Waals surface area contributed by atoms with E-state index in [2.05, 4.69) is 25.4 Å². The summed E-state index contributed by atoms with van der Waals surface area (Å²) < 4.78 is 36.8. The highest BCUT2D eigenvalue weighted by Gasteiger charge is 2.22. The highest BCUT2D eigenvalue weighted by atomic mass is 32.2. The summed E-state index contributed by atoms with van der Waals surface area (Å²) in [5, 5.41) is 7.03. The molecule has 3 aromatic rings. The minimum Gasteiger partial charge on any atom is -0.387 e. The smallest absolute Gasteiger partial charge is 0.280 e.